The van der Waals surface area contributed by atoms with Crippen molar-refractivity contribution in [1.82, 2.24) is 0 Å². The molecule has 8 heteroatoms. The molecule has 1 aliphatic rings. The van der Waals surface area contributed by atoms with Crippen molar-refractivity contribution < 1.29 is 32.2 Å². The van der Waals surface area contributed by atoms with Crippen LogP contribution in [0.3, 0.4) is 0 Å². The van der Waals surface area contributed by atoms with Crippen LogP contribution in [0.4, 0.5) is 23.2 Å². The summed E-state index contributed by atoms with van der Waals surface area (Å²) < 4.78 is 58.6. The lowest BCUT2D eigenvalue weighted by molar-refractivity contribution is -0.137. The third-order valence-electron chi connectivity index (χ3n) is 4.68. The van der Waals surface area contributed by atoms with Gasteiger partial charge in [-0.2, -0.15) is 13.2 Å². The van der Waals surface area contributed by atoms with Gasteiger partial charge in [-0.05, 0) is 35.4 Å². The molecule has 0 aliphatic carbocycles. The van der Waals surface area contributed by atoms with Crippen LogP contribution < -0.4 is 4.90 Å². The van der Waals surface area contributed by atoms with Crippen LogP contribution in [0.2, 0.25) is 0 Å². The Kier molecular flexibility index (Phi) is 5.06. The number of halogens is 4. The minimum Gasteiger partial charge on any atom is -0.482 e. The Morgan fingerprint density at radius 1 is 1.21 bits per heavy atom. The molecular weight excluding hydrogens is 378 g/mol. The van der Waals surface area contributed by atoms with Gasteiger partial charge in [-0.15, -0.1) is 0 Å². The van der Waals surface area contributed by atoms with Crippen LogP contribution >= 0.6 is 0 Å². The topological polar surface area (TPSA) is 49.8 Å². The quantitative estimate of drug-likeness (QED) is 0.748. The van der Waals surface area contributed by atoms with E-state index in [0.29, 0.717) is 11.1 Å². The lowest BCUT2D eigenvalue weighted by Crippen LogP contribution is -2.33. The number of rotatable bonds is 4. The number of carboxylic acids is 1. The van der Waals surface area contributed by atoms with Crippen molar-refractivity contribution in [3.63, 3.8) is 0 Å². The molecule has 1 aliphatic heterocycles. The molecule has 1 N–H and O–H groups in total. The minimum absolute atomic E-state index is 0.0568. The molecule has 1 heterocycles. The first-order valence-electron chi connectivity index (χ1n) is 8.38. The SMILES string of the molecule is COC1=C(C(=O)O)C(C)c2ccc(C(F)(F)F)cc2N1Cc1cccc(F)c1. The molecule has 0 amide bonds. The standard InChI is InChI=1S/C20H17F4NO3/c1-11-15-7-6-13(20(22,23)24)9-16(15)25(18(28-2)17(11)19(26)27)10-12-4-3-5-14(21)8-12/h3-9,11H,10H2,1-2H3,(H,26,27). The van der Waals surface area contributed by atoms with Crippen molar-refractivity contribution in [2.75, 3.05) is 12.0 Å². The van der Waals surface area contributed by atoms with E-state index in [9.17, 15) is 27.5 Å². The zero-order chi connectivity index (χ0) is 20.6. The van der Waals surface area contributed by atoms with Gasteiger partial charge >= 0.3 is 12.1 Å². The first kappa shape index (κ1) is 19.7. The largest absolute Gasteiger partial charge is 0.482 e. The van der Waals surface area contributed by atoms with Crippen LogP contribution in [0.25, 0.3) is 0 Å². The number of nitrogens with zero attached hydrogens (tertiary/aromatic N) is 1. The Bertz CT molecular complexity index is 953. The summed E-state index contributed by atoms with van der Waals surface area (Å²) >= 11 is 0. The van der Waals surface area contributed by atoms with E-state index in [1.165, 1.54) is 36.3 Å². The first-order valence-corrected chi connectivity index (χ1v) is 8.38. The summed E-state index contributed by atoms with van der Waals surface area (Å²) in [5.74, 6) is -2.50. The molecule has 148 valence electrons. The van der Waals surface area contributed by atoms with Gasteiger partial charge in [0.2, 0.25) is 5.88 Å². The molecule has 0 saturated carbocycles. The summed E-state index contributed by atoms with van der Waals surface area (Å²) in [7, 11) is 1.25. The monoisotopic (exact) mass is 395 g/mol. The van der Waals surface area contributed by atoms with Crippen LogP contribution in [0.15, 0.2) is 53.9 Å². The Balaban J connectivity index is 2.21. The van der Waals surface area contributed by atoms with Gasteiger partial charge < -0.3 is 14.7 Å². The number of hydrogen-bond acceptors (Lipinski definition) is 3. The van der Waals surface area contributed by atoms with Crippen molar-refractivity contribution >= 4 is 11.7 Å². The molecule has 0 aromatic heterocycles. The zero-order valence-electron chi connectivity index (χ0n) is 15.0. The molecule has 0 fully saturated rings. The van der Waals surface area contributed by atoms with Gasteiger partial charge in [0.15, 0.2) is 0 Å². The second kappa shape index (κ2) is 7.18. The maximum absolute atomic E-state index is 13.6. The predicted octanol–water partition coefficient (Wildman–Crippen LogP) is 4.91. The predicted molar refractivity (Wildman–Crippen MR) is 94.1 cm³/mol. The molecule has 3 rings (SSSR count). The normalized spacial score (nSPS) is 16.8. The molecule has 2 aromatic rings. The van der Waals surface area contributed by atoms with Crippen LogP contribution in [0.1, 0.15) is 29.5 Å². The summed E-state index contributed by atoms with van der Waals surface area (Å²) in [6.45, 7) is 1.53. The summed E-state index contributed by atoms with van der Waals surface area (Å²) in [6.07, 6.45) is -4.56. The van der Waals surface area contributed by atoms with Crippen LogP contribution in [0, 0.1) is 5.82 Å². The van der Waals surface area contributed by atoms with Crippen molar-refractivity contribution in [3.05, 3.63) is 76.4 Å². The Morgan fingerprint density at radius 2 is 1.93 bits per heavy atom. The van der Waals surface area contributed by atoms with Gasteiger partial charge in [0.05, 0.1) is 19.2 Å². The van der Waals surface area contributed by atoms with Gasteiger partial charge in [-0.25, -0.2) is 9.18 Å². The number of ether oxygens (including phenoxy) is 1. The molecular formula is C20H17F4NO3. The number of methoxy groups -OCH3 is 1. The minimum atomic E-state index is -4.56. The number of hydrogen-bond donors (Lipinski definition) is 1. The van der Waals surface area contributed by atoms with E-state index in [4.69, 9.17) is 4.74 Å². The molecule has 2 aromatic carbocycles. The molecule has 1 atom stereocenters. The summed E-state index contributed by atoms with van der Waals surface area (Å²) in [6, 6.07) is 8.71. The molecule has 0 bridgehead atoms. The highest BCUT2D eigenvalue weighted by Gasteiger charge is 2.38. The number of alkyl halides is 3. The third-order valence-corrected chi connectivity index (χ3v) is 4.68. The number of anilines is 1. The smallest absolute Gasteiger partial charge is 0.416 e. The van der Waals surface area contributed by atoms with E-state index in [2.05, 4.69) is 0 Å². The van der Waals surface area contributed by atoms with E-state index in [1.54, 1.807) is 13.0 Å². The summed E-state index contributed by atoms with van der Waals surface area (Å²) in [5.41, 5.74) is 0.108. The zero-order valence-corrected chi connectivity index (χ0v) is 15.0. The van der Waals surface area contributed by atoms with Gasteiger partial charge in [0, 0.05) is 11.6 Å². The third kappa shape index (κ3) is 3.54. The number of carbonyl (C=O) groups is 1. The fourth-order valence-corrected chi connectivity index (χ4v) is 3.39. The molecule has 0 spiro atoms. The number of fused-ring (bicyclic) bond motifs is 1. The van der Waals surface area contributed by atoms with Gasteiger partial charge in [0.25, 0.3) is 0 Å². The second-order valence-corrected chi connectivity index (χ2v) is 6.44. The Morgan fingerprint density at radius 3 is 2.50 bits per heavy atom. The van der Waals surface area contributed by atoms with E-state index < -0.39 is 29.4 Å². The average Bonchev–Trinajstić information content (AvgIpc) is 2.62. The molecule has 0 saturated heterocycles. The molecule has 1 unspecified atom stereocenters. The maximum atomic E-state index is 13.6. The molecule has 4 nitrogen and oxygen atoms in total. The fraction of sp³-hybridized carbons (Fsp3) is 0.250. The highest BCUT2D eigenvalue weighted by atomic mass is 19.4. The van der Waals surface area contributed by atoms with Crippen LogP contribution in [-0.2, 0) is 22.3 Å². The number of carboxylic acid groups (broad SMARTS) is 1. The van der Waals surface area contributed by atoms with Crippen molar-refractivity contribution in [3.8, 4) is 0 Å². The summed E-state index contributed by atoms with van der Waals surface area (Å²) in [5, 5.41) is 9.64. The highest BCUT2D eigenvalue weighted by Crippen LogP contribution is 2.44. The lowest BCUT2D eigenvalue weighted by atomic mass is 9.87. The van der Waals surface area contributed by atoms with Gasteiger partial charge in [-0.1, -0.05) is 25.1 Å². The average molecular weight is 395 g/mol. The number of aliphatic carboxylic acids is 1. The molecule has 0 radical (unpaired) electrons. The lowest BCUT2D eigenvalue weighted by Gasteiger charge is -2.36. The summed E-state index contributed by atoms with van der Waals surface area (Å²) in [4.78, 5) is 13.2. The van der Waals surface area contributed by atoms with Crippen LogP contribution in [0.5, 0.6) is 0 Å². The van der Waals surface area contributed by atoms with Crippen molar-refractivity contribution in [2.45, 2.75) is 25.6 Å². The first-order chi connectivity index (χ1) is 13.1. The van der Waals surface area contributed by atoms with Crippen molar-refractivity contribution in [2.24, 2.45) is 0 Å². The van der Waals surface area contributed by atoms with Crippen LogP contribution in [-0.4, -0.2) is 18.2 Å². The van der Waals surface area contributed by atoms with Crippen molar-refractivity contribution in [1.29, 1.82) is 0 Å². The van der Waals surface area contributed by atoms with E-state index in [0.717, 1.165) is 12.1 Å². The Hall–Kier alpha value is -3.03. The van der Waals surface area contributed by atoms with E-state index in [1.807, 2.05) is 0 Å². The van der Waals surface area contributed by atoms with E-state index >= 15 is 0 Å². The molecule has 28 heavy (non-hydrogen) atoms. The van der Waals surface area contributed by atoms with Gasteiger partial charge in [-0.3, -0.25) is 0 Å². The highest BCUT2D eigenvalue weighted by molar-refractivity contribution is 5.92. The fourth-order valence-electron chi connectivity index (χ4n) is 3.39. The maximum Gasteiger partial charge on any atom is 0.416 e. The number of benzene rings is 2. The Labute approximate surface area is 158 Å². The van der Waals surface area contributed by atoms with E-state index in [-0.39, 0.29) is 23.7 Å². The van der Waals surface area contributed by atoms with Gasteiger partial charge in [0.1, 0.15) is 11.4 Å². The second-order valence-electron chi connectivity index (χ2n) is 6.44.